The molecule has 10 nitrogen and oxygen atoms in total. The summed E-state index contributed by atoms with van der Waals surface area (Å²) in [5, 5.41) is 7.06. The predicted octanol–water partition coefficient (Wildman–Crippen LogP) is 3.32. The van der Waals surface area contributed by atoms with Crippen molar-refractivity contribution in [2.24, 2.45) is 5.16 Å². The smallest absolute Gasteiger partial charge is 0.280 e. The highest BCUT2D eigenvalue weighted by atomic mass is 32.2. The molecule has 1 aliphatic heterocycles. The van der Waals surface area contributed by atoms with E-state index in [0.29, 0.717) is 49.8 Å². The van der Waals surface area contributed by atoms with Gasteiger partial charge in [-0.3, -0.25) is 10.1 Å². The Bertz CT molecular complexity index is 1430. The lowest BCUT2D eigenvalue weighted by Gasteiger charge is -2.10. The number of likely N-dealkylation sites (N-methyl/N-ethyl adjacent to an activating group) is 1. The van der Waals surface area contributed by atoms with Crippen LogP contribution < -0.4 is 10.1 Å². The molecule has 3 aromatic rings. The molecule has 2 fully saturated rings. The van der Waals surface area contributed by atoms with Crippen LogP contribution >= 0.6 is 11.3 Å². The molecule has 0 spiro atoms. The third kappa shape index (κ3) is 6.32. The average molecular weight is 559 g/mol. The molecule has 2 heterocycles. The number of ether oxygens (including phenoxy) is 2. The minimum absolute atomic E-state index is 0.0271. The summed E-state index contributed by atoms with van der Waals surface area (Å²) in [6.07, 6.45) is 1.79. The number of anilines is 1. The predicted molar refractivity (Wildman–Crippen MR) is 146 cm³/mol. The number of thiazole rings is 1. The van der Waals surface area contributed by atoms with Crippen LogP contribution in [0.1, 0.15) is 24.8 Å². The number of rotatable bonds is 11. The SMILES string of the molecule is CN(C)CCOc1ccc2nc(NC(=O)/C(=N/O[C@@H]3CCOC3)c3ccc(S(=O)(=O)C4CC4)cc3)sc2c1. The van der Waals surface area contributed by atoms with Crippen molar-refractivity contribution in [2.45, 2.75) is 35.5 Å². The monoisotopic (exact) mass is 558 g/mol. The third-order valence-electron chi connectivity index (χ3n) is 6.20. The summed E-state index contributed by atoms with van der Waals surface area (Å²) in [5.41, 5.74) is 1.20. The Morgan fingerprint density at radius 2 is 1.97 bits per heavy atom. The average Bonchev–Trinajstić information content (AvgIpc) is 3.49. The standard InChI is InChI=1S/C26H30N4O6S2/c1-30(2)12-14-35-18-5-10-22-23(15-18)37-26(27-22)28-25(31)24(29-36-19-11-13-34-16-19)17-3-6-20(7-4-17)38(32,33)21-8-9-21/h3-7,10,15,19,21H,8-9,11-14,16H2,1-2H3,(H,27,28,31)/b29-24+/t19-/m1/s1. The second-order valence-corrected chi connectivity index (χ2v) is 12.8. The Morgan fingerprint density at radius 3 is 2.66 bits per heavy atom. The maximum atomic E-state index is 13.3. The number of sulfone groups is 1. The molecule has 202 valence electrons. The highest BCUT2D eigenvalue weighted by Gasteiger charge is 2.36. The molecule has 5 rings (SSSR count). The van der Waals surface area contributed by atoms with Gasteiger partial charge in [0.1, 0.15) is 12.4 Å². The van der Waals surface area contributed by atoms with Crippen molar-refractivity contribution < 1.29 is 27.5 Å². The number of fused-ring (bicyclic) bond motifs is 1. The first-order valence-corrected chi connectivity index (χ1v) is 14.8. The van der Waals surface area contributed by atoms with Gasteiger partial charge in [-0.05, 0) is 57.3 Å². The van der Waals surface area contributed by atoms with E-state index in [0.717, 1.165) is 22.5 Å². The van der Waals surface area contributed by atoms with Gasteiger partial charge in [0.05, 0.1) is 33.6 Å². The molecule has 0 unspecified atom stereocenters. The molecule has 1 saturated carbocycles. The van der Waals surface area contributed by atoms with Crippen LogP contribution in [0.5, 0.6) is 5.75 Å². The third-order valence-corrected chi connectivity index (χ3v) is 9.42. The molecule has 1 aromatic heterocycles. The first-order chi connectivity index (χ1) is 18.3. The van der Waals surface area contributed by atoms with Crippen molar-refractivity contribution in [2.75, 3.05) is 45.8 Å². The van der Waals surface area contributed by atoms with Crippen molar-refractivity contribution in [3.8, 4) is 5.75 Å². The van der Waals surface area contributed by atoms with Crippen molar-refractivity contribution >= 4 is 48.1 Å². The molecule has 1 aliphatic carbocycles. The number of nitrogens with zero attached hydrogens (tertiary/aromatic N) is 3. The fourth-order valence-corrected chi connectivity index (χ4v) is 6.42. The van der Waals surface area contributed by atoms with Crippen LogP contribution in [0, 0.1) is 0 Å². The number of amides is 1. The maximum Gasteiger partial charge on any atom is 0.280 e. The molecule has 2 aliphatic rings. The largest absolute Gasteiger partial charge is 0.492 e. The van der Waals surface area contributed by atoms with E-state index >= 15 is 0 Å². The van der Waals surface area contributed by atoms with Gasteiger partial charge < -0.3 is 19.2 Å². The Balaban J connectivity index is 1.34. The number of carbonyl (C=O) groups is 1. The van der Waals surface area contributed by atoms with Crippen molar-refractivity contribution in [1.82, 2.24) is 9.88 Å². The fraction of sp³-hybridized carbons (Fsp3) is 0.423. The van der Waals surface area contributed by atoms with Crippen LogP contribution in [-0.2, 0) is 24.2 Å². The zero-order valence-electron chi connectivity index (χ0n) is 21.3. The summed E-state index contributed by atoms with van der Waals surface area (Å²) < 4.78 is 37.2. The van der Waals surface area contributed by atoms with E-state index in [9.17, 15) is 13.2 Å². The number of oxime groups is 1. The quantitative estimate of drug-likeness (QED) is 0.281. The minimum Gasteiger partial charge on any atom is -0.492 e. The zero-order chi connectivity index (χ0) is 26.7. The number of benzene rings is 2. The lowest BCUT2D eigenvalue weighted by Crippen LogP contribution is -2.25. The number of hydrogen-bond acceptors (Lipinski definition) is 10. The minimum atomic E-state index is -3.34. The Morgan fingerprint density at radius 1 is 1.18 bits per heavy atom. The second-order valence-electron chi connectivity index (χ2n) is 9.55. The van der Waals surface area contributed by atoms with Crippen molar-refractivity contribution in [3.63, 3.8) is 0 Å². The number of nitrogens with one attached hydrogen (secondary N) is 1. The normalized spacial score (nSPS) is 18.2. The summed E-state index contributed by atoms with van der Waals surface area (Å²) >= 11 is 1.32. The molecule has 1 N–H and O–H groups in total. The summed E-state index contributed by atoms with van der Waals surface area (Å²) in [6.45, 7) is 2.33. The van der Waals surface area contributed by atoms with E-state index in [4.69, 9.17) is 14.3 Å². The molecule has 1 atom stereocenters. The summed E-state index contributed by atoms with van der Waals surface area (Å²) in [6, 6.07) is 11.8. The second kappa shape index (κ2) is 11.4. The van der Waals surface area contributed by atoms with Gasteiger partial charge in [-0.25, -0.2) is 13.4 Å². The van der Waals surface area contributed by atoms with E-state index in [-0.39, 0.29) is 22.0 Å². The first-order valence-electron chi connectivity index (χ1n) is 12.4. The van der Waals surface area contributed by atoms with Crippen LogP contribution in [0.25, 0.3) is 10.2 Å². The van der Waals surface area contributed by atoms with Crippen LogP contribution in [0.2, 0.25) is 0 Å². The zero-order valence-corrected chi connectivity index (χ0v) is 22.9. The molecule has 2 aromatic carbocycles. The van der Waals surface area contributed by atoms with E-state index < -0.39 is 15.7 Å². The van der Waals surface area contributed by atoms with E-state index in [1.165, 1.54) is 23.5 Å². The van der Waals surface area contributed by atoms with Gasteiger partial charge in [0.15, 0.2) is 26.8 Å². The highest BCUT2D eigenvalue weighted by Crippen LogP contribution is 2.33. The Labute approximate surface area is 225 Å². The van der Waals surface area contributed by atoms with Crippen molar-refractivity contribution in [3.05, 3.63) is 48.0 Å². The van der Waals surface area contributed by atoms with Gasteiger partial charge in [0.25, 0.3) is 5.91 Å². The molecule has 12 heteroatoms. The molecular weight excluding hydrogens is 528 g/mol. The van der Waals surface area contributed by atoms with E-state index in [1.54, 1.807) is 12.1 Å². The van der Waals surface area contributed by atoms with Gasteiger partial charge in [-0.15, -0.1) is 0 Å². The van der Waals surface area contributed by atoms with Gasteiger partial charge in [0.2, 0.25) is 0 Å². The molecule has 0 radical (unpaired) electrons. The highest BCUT2D eigenvalue weighted by molar-refractivity contribution is 7.92. The number of carbonyl (C=O) groups excluding carboxylic acids is 1. The number of hydrogen-bond donors (Lipinski definition) is 1. The van der Waals surface area contributed by atoms with E-state index in [2.05, 4.69) is 15.5 Å². The lowest BCUT2D eigenvalue weighted by molar-refractivity contribution is -0.110. The Hall–Kier alpha value is -3.06. The summed E-state index contributed by atoms with van der Waals surface area (Å²) in [5.74, 6) is 0.222. The first kappa shape index (κ1) is 26.5. The molecule has 38 heavy (non-hydrogen) atoms. The van der Waals surface area contributed by atoms with Crippen molar-refractivity contribution in [1.29, 1.82) is 0 Å². The van der Waals surface area contributed by atoms with Crippen LogP contribution in [-0.4, -0.2) is 81.7 Å². The Kier molecular flexibility index (Phi) is 7.93. The number of aromatic nitrogens is 1. The molecular formula is C26H30N4O6S2. The van der Waals surface area contributed by atoms with Crippen LogP contribution in [0.3, 0.4) is 0 Å². The lowest BCUT2D eigenvalue weighted by atomic mass is 10.1. The van der Waals surface area contributed by atoms with Crippen LogP contribution in [0.15, 0.2) is 52.5 Å². The van der Waals surface area contributed by atoms with Gasteiger partial charge in [-0.1, -0.05) is 28.6 Å². The van der Waals surface area contributed by atoms with Crippen LogP contribution in [0.4, 0.5) is 5.13 Å². The molecule has 1 amide bonds. The van der Waals surface area contributed by atoms with Gasteiger partial charge in [-0.2, -0.15) is 0 Å². The topological polar surface area (TPSA) is 119 Å². The summed E-state index contributed by atoms with van der Waals surface area (Å²) in [7, 11) is 0.631. The summed E-state index contributed by atoms with van der Waals surface area (Å²) in [4.78, 5) is 25.7. The van der Waals surface area contributed by atoms with Gasteiger partial charge >= 0.3 is 0 Å². The maximum absolute atomic E-state index is 13.3. The van der Waals surface area contributed by atoms with E-state index in [1.807, 2.05) is 37.2 Å². The fourth-order valence-electron chi connectivity index (χ4n) is 3.87. The molecule has 0 bridgehead atoms. The van der Waals surface area contributed by atoms with Gasteiger partial charge in [0, 0.05) is 18.5 Å². The molecule has 1 saturated heterocycles.